The molecule has 0 spiro atoms. The predicted molar refractivity (Wildman–Crippen MR) is 78.2 cm³/mol. The fraction of sp³-hybridized carbons (Fsp3) is 0.615. The zero-order valence-corrected chi connectivity index (χ0v) is 12.9. The first-order valence-corrected chi connectivity index (χ1v) is 7.54. The summed E-state index contributed by atoms with van der Waals surface area (Å²) in [4.78, 5) is 12.5. The van der Waals surface area contributed by atoms with E-state index in [1.165, 1.54) is 6.33 Å². The highest BCUT2D eigenvalue weighted by molar-refractivity contribution is 6.18. The van der Waals surface area contributed by atoms with Crippen molar-refractivity contribution in [2.75, 3.05) is 11.6 Å². The molecule has 2 aromatic heterocycles. The molecule has 2 N–H and O–H groups in total. The van der Waals surface area contributed by atoms with Gasteiger partial charge in [0.2, 0.25) is 0 Å². The van der Waals surface area contributed by atoms with E-state index in [1.54, 1.807) is 10.9 Å². The zero-order valence-electron chi connectivity index (χ0n) is 12.1. The van der Waals surface area contributed by atoms with E-state index >= 15 is 0 Å². The Morgan fingerprint density at radius 3 is 2.82 bits per heavy atom. The lowest BCUT2D eigenvalue weighted by atomic mass is 10.1. The number of alkyl halides is 1. The van der Waals surface area contributed by atoms with Crippen molar-refractivity contribution >= 4 is 28.6 Å². The summed E-state index contributed by atoms with van der Waals surface area (Å²) in [6.07, 6.45) is 1.84. The normalized spacial score (nSPS) is 33.4. The highest BCUT2D eigenvalue weighted by Gasteiger charge is 2.55. The molecule has 4 heterocycles. The molecule has 2 aromatic rings. The molecular weight excluding hydrogens is 310 g/mol. The van der Waals surface area contributed by atoms with Crippen molar-refractivity contribution in [2.24, 2.45) is 0 Å². The largest absolute Gasteiger partial charge is 0.382 e. The molecule has 8 nitrogen and oxygen atoms in total. The van der Waals surface area contributed by atoms with Crippen LogP contribution in [0, 0.1) is 0 Å². The number of hydrogen-bond acceptors (Lipinski definition) is 7. The van der Waals surface area contributed by atoms with E-state index in [0.717, 1.165) is 0 Å². The SMILES string of the molecule is CC1(C)O[C@H]2[C@H](O1)[C@@H](CCl)O[C@H]2n1cnc2c(N)ncnc21. The highest BCUT2D eigenvalue weighted by Crippen LogP contribution is 2.43. The number of anilines is 1. The molecular formula is C13H16ClN5O3. The molecule has 22 heavy (non-hydrogen) atoms. The number of hydrogen-bond donors (Lipinski definition) is 1. The summed E-state index contributed by atoms with van der Waals surface area (Å²) in [6.45, 7) is 3.75. The van der Waals surface area contributed by atoms with Crippen LogP contribution in [0.2, 0.25) is 0 Å². The summed E-state index contributed by atoms with van der Waals surface area (Å²) >= 11 is 6.01. The van der Waals surface area contributed by atoms with Crippen LogP contribution in [-0.4, -0.2) is 49.5 Å². The van der Waals surface area contributed by atoms with Gasteiger partial charge in [-0.2, -0.15) is 0 Å². The summed E-state index contributed by atoms with van der Waals surface area (Å²) in [5, 5.41) is 0. The minimum atomic E-state index is -0.675. The second-order valence-corrected chi connectivity index (χ2v) is 6.18. The number of nitrogen functional groups attached to an aromatic ring is 1. The monoisotopic (exact) mass is 325 g/mol. The van der Waals surface area contributed by atoms with Gasteiger partial charge in [0.25, 0.3) is 0 Å². The van der Waals surface area contributed by atoms with E-state index in [2.05, 4.69) is 15.0 Å². The molecule has 0 aromatic carbocycles. The topological polar surface area (TPSA) is 97.3 Å². The lowest BCUT2D eigenvalue weighted by Crippen LogP contribution is -2.30. The first kappa shape index (κ1) is 14.1. The summed E-state index contributed by atoms with van der Waals surface area (Å²) in [7, 11) is 0. The van der Waals surface area contributed by atoms with Crippen molar-refractivity contribution in [1.82, 2.24) is 19.5 Å². The van der Waals surface area contributed by atoms with Crippen LogP contribution >= 0.6 is 11.6 Å². The van der Waals surface area contributed by atoms with Gasteiger partial charge < -0.3 is 19.9 Å². The van der Waals surface area contributed by atoms with E-state index in [1.807, 2.05) is 13.8 Å². The van der Waals surface area contributed by atoms with Gasteiger partial charge in [-0.05, 0) is 13.8 Å². The Bertz CT molecular complexity index is 721. The van der Waals surface area contributed by atoms with Gasteiger partial charge in [0.15, 0.2) is 23.5 Å². The number of halogens is 1. The number of nitrogens with zero attached hydrogens (tertiary/aromatic N) is 4. The predicted octanol–water partition coefficient (Wildman–Crippen LogP) is 1.06. The molecule has 0 unspecified atom stereocenters. The Labute approximate surface area is 131 Å². The van der Waals surface area contributed by atoms with Crippen molar-refractivity contribution < 1.29 is 14.2 Å². The van der Waals surface area contributed by atoms with Gasteiger partial charge in [0, 0.05) is 0 Å². The third kappa shape index (κ3) is 1.98. The molecule has 2 aliphatic rings. The fourth-order valence-electron chi connectivity index (χ4n) is 3.06. The van der Waals surface area contributed by atoms with Crippen LogP contribution < -0.4 is 5.73 Å². The molecule has 2 fully saturated rings. The molecule has 2 saturated heterocycles. The maximum absolute atomic E-state index is 6.01. The van der Waals surface area contributed by atoms with Crippen LogP contribution in [0.4, 0.5) is 5.82 Å². The van der Waals surface area contributed by atoms with Gasteiger partial charge in [-0.25, -0.2) is 15.0 Å². The molecule has 2 aliphatic heterocycles. The zero-order chi connectivity index (χ0) is 15.5. The standard InChI is InChI=1S/C13H16ClN5O3/c1-13(2)21-8-6(3-14)20-12(9(8)22-13)19-5-18-7-10(15)16-4-17-11(7)19/h4-6,8-9,12H,3H2,1-2H3,(H2,15,16,17)/t6-,8-,9+,12-/m1/s1. The average Bonchev–Trinajstić information content (AvgIpc) is 3.10. The molecule has 0 radical (unpaired) electrons. The van der Waals surface area contributed by atoms with Gasteiger partial charge in [-0.15, -0.1) is 11.6 Å². The van der Waals surface area contributed by atoms with E-state index in [4.69, 9.17) is 31.5 Å². The van der Waals surface area contributed by atoms with Crippen LogP contribution in [-0.2, 0) is 14.2 Å². The minimum Gasteiger partial charge on any atom is -0.382 e. The summed E-state index contributed by atoms with van der Waals surface area (Å²) in [5.74, 6) is -0.0245. The van der Waals surface area contributed by atoms with Crippen molar-refractivity contribution in [1.29, 1.82) is 0 Å². The summed E-state index contributed by atoms with van der Waals surface area (Å²) in [5.41, 5.74) is 6.96. The second kappa shape index (κ2) is 4.76. The average molecular weight is 326 g/mol. The maximum Gasteiger partial charge on any atom is 0.167 e. The molecule has 0 saturated carbocycles. The summed E-state index contributed by atoms with van der Waals surface area (Å²) in [6, 6.07) is 0. The third-order valence-electron chi connectivity index (χ3n) is 3.94. The smallest absolute Gasteiger partial charge is 0.167 e. The summed E-state index contributed by atoms with van der Waals surface area (Å²) < 4.78 is 19.7. The number of fused-ring (bicyclic) bond motifs is 2. The van der Waals surface area contributed by atoms with E-state index in [0.29, 0.717) is 22.9 Å². The Morgan fingerprint density at radius 1 is 1.27 bits per heavy atom. The quantitative estimate of drug-likeness (QED) is 0.824. The molecule has 118 valence electrons. The molecule has 0 amide bonds. The van der Waals surface area contributed by atoms with Crippen LogP contribution in [0.1, 0.15) is 20.1 Å². The van der Waals surface area contributed by atoms with Gasteiger partial charge in [0.05, 0.1) is 12.2 Å². The number of aromatic nitrogens is 4. The molecule has 4 rings (SSSR count). The van der Waals surface area contributed by atoms with Gasteiger partial charge in [-0.3, -0.25) is 4.57 Å². The lowest BCUT2D eigenvalue weighted by Gasteiger charge is -2.24. The Morgan fingerprint density at radius 2 is 2.05 bits per heavy atom. The van der Waals surface area contributed by atoms with E-state index < -0.39 is 12.0 Å². The molecule has 4 atom stereocenters. The lowest BCUT2D eigenvalue weighted by molar-refractivity contribution is -0.193. The molecule has 0 aliphatic carbocycles. The number of nitrogens with two attached hydrogens (primary N) is 1. The van der Waals surface area contributed by atoms with Gasteiger partial charge in [0.1, 0.15) is 30.2 Å². The second-order valence-electron chi connectivity index (χ2n) is 5.87. The van der Waals surface area contributed by atoms with Crippen molar-refractivity contribution in [3.8, 4) is 0 Å². The number of imidazole rings is 1. The molecule has 9 heteroatoms. The van der Waals surface area contributed by atoms with Crippen molar-refractivity contribution in [3.05, 3.63) is 12.7 Å². The fourth-order valence-corrected chi connectivity index (χ4v) is 3.31. The Kier molecular flexibility index (Phi) is 3.06. The van der Waals surface area contributed by atoms with Crippen molar-refractivity contribution in [2.45, 2.75) is 44.2 Å². The van der Waals surface area contributed by atoms with Gasteiger partial charge in [-0.1, -0.05) is 0 Å². The van der Waals surface area contributed by atoms with Gasteiger partial charge >= 0.3 is 0 Å². The number of ether oxygens (including phenoxy) is 3. The van der Waals surface area contributed by atoms with E-state index in [9.17, 15) is 0 Å². The van der Waals surface area contributed by atoms with E-state index in [-0.39, 0.29) is 18.3 Å². The first-order valence-electron chi connectivity index (χ1n) is 7.00. The van der Waals surface area contributed by atoms with Crippen molar-refractivity contribution in [3.63, 3.8) is 0 Å². The Balaban J connectivity index is 1.77. The molecule has 0 bridgehead atoms. The Hall–Kier alpha value is -1.48. The minimum absolute atomic E-state index is 0.228. The highest BCUT2D eigenvalue weighted by atomic mass is 35.5. The van der Waals surface area contributed by atoms with Crippen LogP contribution in [0.3, 0.4) is 0 Å². The van der Waals surface area contributed by atoms with Crippen LogP contribution in [0.5, 0.6) is 0 Å². The maximum atomic E-state index is 6.01. The van der Waals surface area contributed by atoms with Crippen LogP contribution in [0.25, 0.3) is 11.2 Å². The third-order valence-corrected chi connectivity index (χ3v) is 4.24. The first-order chi connectivity index (χ1) is 10.5. The van der Waals surface area contributed by atoms with Crippen LogP contribution in [0.15, 0.2) is 12.7 Å². The number of rotatable bonds is 2.